The molecule has 0 heterocycles. The summed E-state index contributed by atoms with van der Waals surface area (Å²) in [5.74, 6) is -0.261. The predicted octanol–water partition coefficient (Wildman–Crippen LogP) is 26.4. The van der Waals surface area contributed by atoms with Crippen LogP contribution in [-0.4, -0.2) is 0 Å². The van der Waals surface area contributed by atoms with Crippen LogP contribution in [0.5, 0.6) is 0 Å². The van der Waals surface area contributed by atoms with Crippen LogP contribution in [0.25, 0.3) is 0 Å². The average molecular weight is 1300 g/mol. The van der Waals surface area contributed by atoms with Crippen molar-refractivity contribution >= 4 is 31.9 Å². The summed E-state index contributed by atoms with van der Waals surface area (Å²) in [6.45, 7) is 66.3. The van der Waals surface area contributed by atoms with Crippen LogP contribution in [0.2, 0.25) is 0 Å². The summed E-state index contributed by atoms with van der Waals surface area (Å²) in [5.41, 5.74) is 14.0. The lowest BCUT2D eigenvalue weighted by Gasteiger charge is -2.25. The van der Waals surface area contributed by atoms with Gasteiger partial charge in [-0.15, -0.1) is 0 Å². The van der Waals surface area contributed by atoms with Crippen LogP contribution in [0.1, 0.15) is 270 Å². The third-order valence-corrected chi connectivity index (χ3v) is 15.1. The molecule has 0 aliphatic rings. The van der Waals surface area contributed by atoms with Gasteiger partial charge < -0.3 is 0 Å². The summed E-state index contributed by atoms with van der Waals surface area (Å²) < 4.78 is 44.0. The fraction of sp³-hybridized carbons (Fsp3) is 0.625. The smallest absolute Gasteiger partial charge is 0.126 e. The monoisotopic (exact) mass is 1300 g/mol. The van der Waals surface area contributed by atoms with Crippen molar-refractivity contribution in [1.82, 2.24) is 0 Å². The third-order valence-electron chi connectivity index (χ3n) is 13.6. The highest BCUT2D eigenvalue weighted by molar-refractivity contribution is 9.10. The molecule has 0 saturated carbocycles. The molecule has 0 fully saturated rings. The molecule has 0 aliphatic carbocycles. The SMILES string of the molecule is CC(C)(C)Cc1cc(Br)c(CC(C)(C)C)cc1F.CC(C)(C)Cc1cc(Br)c(CC(C)(C)C)cc1F.CC(C)(C)Cc1ccc(CC(C)(C)C)cc1.CC(C)(C)Cc1cccc(CC(C)(C)C)c1.CCC(C)(C)c1cc(F)cc(CC(C)(C)C)c1. The fourth-order valence-electron chi connectivity index (χ4n) is 10.1. The van der Waals surface area contributed by atoms with E-state index in [2.05, 4.69) is 294 Å². The zero-order chi connectivity index (χ0) is 66.3. The Morgan fingerprint density at radius 1 is 0.282 bits per heavy atom. The van der Waals surface area contributed by atoms with Crippen LogP contribution in [0.4, 0.5) is 13.2 Å². The molecule has 0 bridgehead atoms. The quantitative estimate of drug-likeness (QED) is 0.124. The van der Waals surface area contributed by atoms with Crippen LogP contribution < -0.4 is 0 Å². The van der Waals surface area contributed by atoms with E-state index in [1.807, 2.05) is 12.1 Å². The van der Waals surface area contributed by atoms with E-state index < -0.39 is 0 Å². The van der Waals surface area contributed by atoms with Gasteiger partial charge >= 0.3 is 0 Å². The van der Waals surface area contributed by atoms with Crippen LogP contribution in [0.15, 0.2) is 99.9 Å². The van der Waals surface area contributed by atoms with Gasteiger partial charge in [0.15, 0.2) is 0 Å². The molecule has 5 aromatic rings. The Hall–Kier alpha value is -3.15. The summed E-state index contributed by atoms with van der Waals surface area (Å²) in [5, 5.41) is 0. The minimum Gasteiger partial charge on any atom is -0.207 e. The first kappa shape index (κ1) is 79.9. The molecule has 480 valence electrons. The second-order valence-corrected chi connectivity index (χ2v) is 38.1. The van der Waals surface area contributed by atoms with Gasteiger partial charge in [0.1, 0.15) is 17.5 Å². The summed E-state index contributed by atoms with van der Waals surface area (Å²) in [7, 11) is 0. The Kier molecular flexibility index (Phi) is 30.1. The molecule has 0 radical (unpaired) electrons. The van der Waals surface area contributed by atoms with Crippen molar-refractivity contribution in [3.8, 4) is 0 Å². The number of rotatable bonds is 11. The van der Waals surface area contributed by atoms with Crippen molar-refractivity contribution in [1.29, 1.82) is 0 Å². The maximum atomic E-state index is 14.1. The first-order chi connectivity index (χ1) is 37.9. The van der Waals surface area contributed by atoms with E-state index >= 15 is 0 Å². The Morgan fingerprint density at radius 3 is 0.835 bits per heavy atom. The number of hydrogen-bond acceptors (Lipinski definition) is 0. The first-order valence-corrected chi connectivity index (χ1v) is 33.4. The molecule has 0 aromatic heterocycles. The van der Waals surface area contributed by atoms with Gasteiger partial charge in [-0.05, 0) is 210 Å². The first-order valence-electron chi connectivity index (χ1n) is 31.8. The van der Waals surface area contributed by atoms with E-state index in [9.17, 15) is 13.2 Å². The van der Waals surface area contributed by atoms with E-state index in [1.165, 1.54) is 22.3 Å². The van der Waals surface area contributed by atoms with Crippen LogP contribution in [-0.2, 0) is 63.2 Å². The van der Waals surface area contributed by atoms with Crippen molar-refractivity contribution in [3.05, 3.63) is 173 Å². The maximum Gasteiger partial charge on any atom is 0.126 e. The third kappa shape index (κ3) is 38.1. The van der Waals surface area contributed by atoms with Gasteiger partial charge in [0.25, 0.3) is 0 Å². The van der Waals surface area contributed by atoms with Gasteiger partial charge in [0.2, 0.25) is 0 Å². The van der Waals surface area contributed by atoms with Gasteiger partial charge in [0, 0.05) is 8.95 Å². The fourth-order valence-corrected chi connectivity index (χ4v) is 11.2. The van der Waals surface area contributed by atoms with Gasteiger partial charge in [-0.1, -0.05) is 294 Å². The standard InChI is InChI=1S/2C16H24BrF.C16H25F.2C16H26/c2*1-15(2,3)9-11-8-14(18)12(7-13(11)17)10-16(4,5)6;1-7-16(5,6)13-8-12(9-14(17)10-13)11-15(2,3)4;1-15(2,3)11-13-7-9-14(10-8-13)12-16(4,5)6;1-15(2,3)11-13-8-7-9-14(10-13)12-16(4,5)6/h2*7-8H,9-10H2,1-6H3;8-10H,7,11H2,1-6H3;2*7-10H,11-12H2,1-6H3. The highest BCUT2D eigenvalue weighted by atomic mass is 79.9. The highest BCUT2D eigenvalue weighted by Gasteiger charge is 2.24. The van der Waals surface area contributed by atoms with E-state index in [0.29, 0.717) is 21.7 Å². The molecule has 0 aliphatic heterocycles. The highest BCUT2D eigenvalue weighted by Crippen LogP contribution is 2.35. The molecule has 0 nitrogen and oxygen atoms in total. The summed E-state index contributed by atoms with van der Waals surface area (Å²) >= 11 is 7.15. The maximum absolute atomic E-state index is 14.1. The molecule has 0 unspecified atom stereocenters. The van der Waals surface area contributed by atoms with Gasteiger partial charge in [0.05, 0.1) is 0 Å². The van der Waals surface area contributed by atoms with Crippen molar-refractivity contribution in [2.75, 3.05) is 0 Å². The Balaban J connectivity index is 0.000000532. The minimum atomic E-state index is -0.108. The molecular weight excluding hydrogens is 1180 g/mol. The Bertz CT molecular complexity index is 2550. The van der Waals surface area contributed by atoms with Crippen molar-refractivity contribution in [2.45, 2.75) is 277 Å². The average Bonchev–Trinajstić information content (AvgIpc) is 3.17. The minimum absolute atomic E-state index is 0.0503. The molecule has 5 aromatic carbocycles. The van der Waals surface area contributed by atoms with Gasteiger partial charge in [-0.25, -0.2) is 13.2 Å². The summed E-state index contributed by atoms with van der Waals surface area (Å²) in [4.78, 5) is 0. The Labute approximate surface area is 540 Å². The van der Waals surface area contributed by atoms with E-state index in [-0.39, 0.29) is 49.9 Å². The molecule has 0 saturated heterocycles. The number of hydrogen-bond donors (Lipinski definition) is 0. The molecule has 0 amide bonds. The van der Waals surface area contributed by atoms with Gasteiger partial charge in [-0.2, -0.15) is 0 Å². The van der Waals surface area contributed by atoms with E-state index in [0.717, 1.165) is 107 Å². The topological polar surface area (TPSA) is 0 Å². The molecule has 0 atom stereocenters. The lowest BCUT2D eigenvalue weighted by atomic mass is 9.80. The number of halogens is 5. The lowest BCUT2D eigenvalue weighted by molar-refractivity contribution is 0.398. The van der Waals surface area contributed by atoms with Crippen molar-refractivity contribution in [2.24, 2.45) is 48.7 Å². The van der Waals surface area contributed by atoms with Crippen LogP contribution >= 0.6 is 31.9 Å². The second kappa shape index (κ2) is 32.0. The number of benzene rings is 5. The van der Waals surface area contributed by atoms with E-state index in [1.54, 1.807) is 24.3 Å². The summed E-state index contributed by atoms with van der Waals surface area (Å²) in [6.07, 6.45) is 9.82. The molecule has 0 spiro atoms. The van der Waals surface area contributed by atoms with Crippen LogP contribution in [0, 0.1) is 66.2 Å². The molecule has 5 heteroatoms. The van der Waals surface area contributed by atoms with Crippen molar-refractivity contribution < 1.29 is 13.2 Å². The predicted molar refractivity (Wildman–Crippen MR) is 379 cm³/mol. The zero-order valence-electron chi connectivity index (χ0n) is 60.1. The zero-order valence-corrected chi connectivity index (χ0v) is 63.3. The normalized spacial score (nSPS) is 12.9. The lowest BCUT2D eigenvalue weighted by Crippen LogP contribution is -2.17. The second-order valence-electron chi connectivity index (χ2n) is 36.4. The van der Waals surface area contributed by atoms with Gasteiger partial charge in [-0.3, -0.25) is 0 Å². The molecule has 0 N–H and O–H groups in total. The molecule has 5 rings (SSSR count). The van der Waals surface area contributed by atoms with E-state index in [4.69, 9.17) is 0 Å². The Morgan fingerprint density at radius 2 is 0.553 bits per heavy atom. The molecule has 85 heavy (non-hydrogen) atoms. The summed E-state index contributed by atoms with van der Waals surface area (Å²) in [6, 6.07) is 31.0. The molecular formula is C80H125Br2F3. The van der Waals surface area contributed by atoms with Crippen molar-refractivity contribution in [3.63, 3.8) is 0 Å². The van der Waals surface area contributed by atoms with Crippen LogP contribution in [0.3, 0.4) is 0 Å². The largest absolute Gasteiger partial charge is 0.207 e.